The van der Waals surface area contributed by atoms with Crippen molar-refractivity contribution in [2.75, 3.05) is 31.9 Å². The van der Waals surface area contributed by atoms with Gasteiger partial charge < -0.3 is 14.5 Å². The van der Waals surface area contributed by atoms with Crippen LogP contribution >= 0.6 is 0 Å². The number of likely N-dealkylation sites (tertiary alicyclic amines) is 1. The zero-order chi connectivity index (χ0) is 30.0. The molecule has 0 radical (unpaired) electrons. The minimum Gasteiger partial charge on any atom is -0.445 e. The van der Waals surface area contributed by atoms with Gasteiger partial charge in [0.1, 0.15) is 6.61 Å². The maximum atomic E-state index is 13.0. The van der Waals surface area contributed by atoms with E-state index in [-0.39, 0.29) is 34.8 Å². The smallest absolute Gasteiger partial charge is 0.410 e. The van der Waals surface area contributed by atoms with Crippen molar-refractivity contribution in [3.05, 3.63) is 88.5 Å². The van der Waals surface area contributed by atoms with Crippen LogP contribution in [0.3, 0.4) is 0 Å². The zero-order valence-electron chi connectivity index (χ0n) is 24.4. The molecular weight excluding hydrogens is 542 g/mol. The fourth-order valence-corrected chi connectivity index (χ4v) is 6.38. The molecule has 0 bridgehead atoms. The first-order chi connectivity index (χ1) is 19.4. The average molecular weight is 586 g/mol. The highest BCUT2D eigenvalue weighted by Crippen LogP contribution is 2.33. The fraction of sp³-hybridized carbons (Fsp3) is 0.516. The number of rotatable bonds is 14. The predicted molar refractivity (Wildman–Crippen MR) is 162 cm³/mol. The number of non-ortho nitro benzene ring substituents is 1. The number of nitro groups is 1. The van der Waals surface area contributed by atoms with Crippen molar-refractivity contribution >= 4 is 21.6 Å². The van der Waals surface area contributed by atoms with Gasteiger partial charge in [0.15, 0.2) is 9.84 Å². The molecule has 1 fully saturated rings. The Labute approximate surface area is 244 Å². The summed E-state index contributed by atoms with van der Waals surface area (Å²) >= 11 is 0. The quantitative estimate of drug-likeness (QED) is 0.158. The molecule has 0 saturated carbocycles. The van der Waals surface area contributed by atoms with Crippen LogP contribution in [0.2, 0.25) is 0 Å². The molecular formula is C31H43N3O6S. The molecule has 0 N–H and O–H groups in total. The van der Waals surface area contributed by atoms with E-state index in [1.165, 1.54) is 12.1 Å². The largest absolute Gasteiger partial charge is 0.445 e. The summed E-state index contributed by atoms with van der Waals surface area (Å²) in [5, 5.41) is 10.5. The van der Waals surface area contributed by atoms with Gasteiger partial charge >= 0.3 is 6.09 Å². The number of hydrogen-bond acceptors (Lipinski definition) is 7. The molecule has 1 aliphatic heterocycles. The van der Waals surface area contributed by atoms with Crippen LogP contribution < -0.4 is 0 Å². The number of carbonyl (C=O) groups is 1. The molecule has 224 valence electrons. The van der Waals surface area contributed by atoms with Crippen LogP contribution in [0.5, 0.6) is 0 Å². The number of nitrogens with zero attached hydrogens (tertiary/aromatic N) is 3. The maximum Gasteiger partial charge on any atom is 0.410 e. The van der Waals surface area contributed by atoms with Gasteiger partial charge in [-0.1, -0.05) is 43.3 Å². The van der Waals surface area contributed by atoms with Crippen molar-refractivity contribution in [1.29, 1.82) is 0 Å². The standard InChI is InChI=1S/C31H43N3O6S/c1-5-19-33(30(35)40-24-26-11-13-29(14-12-26)34(36)37)28-15-20-32(21-16-28)22-17-31(4,27-9-7-6-8-10-27)18-23-41(38,39)25(2)3/h5-14,25,28H,1,15-24H2,2-4H3. The van der Waals surface area contributed by atoms with Crippen molar-refractivity contribution in [3.63, 3.8) is 0 Å². The first kappa shape index (κ1) is 32.3. The van der Waals surface area contributed by atoms with Gasteiger partial charge in [0.25, 0.3) is 5.69 Å². The van der Waals surface area contributed by atoms with Crippen molar-refractivity contribution in [2.24, 2.45) is 0 Å². The predicted octanol–water partition coefficient (Wildman–Crippen LogP) is 5.75. The minimum atomic E-state index is -3.14. The Morgan fingerprint density at radius 2 is 1.78 bits per heavy atom. The Kier molecular flexibility index (Phi) is 11.5. The highest BCUT2D eigenvalue weighted by atomic mass is 32.2. The lowest BCUT2D eigenvalue weighted by Crippen LogP contribution is -2.48. The number of benzene rings is 2. The van der Waals surface area contributed by atoms with Crippen molar-refractivity contribution in [2.45, 2.75) is 69.8 Å². The van der Waals surface area contributed by atoms with E-state index in [1.54, 1.807) is 37.0 Å². The van der Waals surface area contributed by atoms with Gasteiger partial charge in [-0.05, 0) is 74.8 Å². The first-order valence-electron chi connectivity index (χ1n) is 14.2. The topological polar surface area (TPSA) is 110 Å². The molecule has 9 nitrogen and oxygen atoms in total. The normalized spacial score (nSPS) is 16.2. The maximum absolute atomic E-state index is 13.0. The Hall–Kier alpha value is -3.24. The van der Waals surface area contributed by atoms with E-state index in [0.717, 1.165) is 44.5 Å². The van der Waals surface area contributed by atoms with Crippen LogP contribution in [0.25, 0.3) is 0 Å². The molecule has 1 saturated heterocycles. The van der Waals surface area contributed by atoms with Crippen LogP contribution in [0.1, 0.15) is 57.6 Å². The lowest BCUT2D eigenvalue weighted by Gasteiger charge is -2.39. The van der Waals surface area contributed by atoms with E-state index >= 15 is 0 Å². The molecule has 1 amide bonds. The summed E-state index contributed by atoms with van der Waals surface area (Å²) in [6, 6.07) is 16.1. The van der Waals surface area contributed by atoms with Crippen LogP contribution in [0.4, 0.5) is 10.5 Å². The number of piperidine rings is 1. The van der Waals surface area contributed by atoms with Crippen molar-refractivity contribution < 1.29 is 22.9 Å². The molecule has 0 spiro atoms. The van der Waals surface area contributed by atoms with Gasteiger partial charge in [0.05, 0.1) is 15.9 Å². The van der Waals surface area contributed by atoms with Crippen LogP contribution in [0, 0.1) is 10.1 Å². The second kappa shape index (κ2) is 14.6. The summed E-state index contributed by atoms with van der Waals surface area (Å²) in [5.74, 6) is 0.163. The third-order valence-corrected chi connectivity index (χ3v) is 10.4. The summed E-state index contributed by atoms with van der Waals surface area (Å²) in [5.41, 5.74) is 1.56. The highest BCUT2D eigenvalue weighted by molar-refractivity contribution is 7.91. The Balaban J connectivity index is 1.56. The molecule has 10 heteroatoms. The van der Waals surface area contributed by atoms with E-state index in [1.807, 2.05) is 18.2 Å². The average Bonchev–Trinajstić information content (AvgIpc) is 2.97. The second-order valence-corrected chi connectivity index (χ2v) is 14.0. The van der Waals surface area contributed by atoms with Gasteiger partial charge in [-0.15, -0.1) is 6.58 Å². The Morgan fingerprint density at radius 3 is 2.34 bits per heavy atom. The van der Waals surface area contributed by atoms with Gasteiger partial charge in [0.2, 0.25) is 0 Å². The Morgan fingerprint density at radius 1 is 1.15 bits per heavy atom. The molecule has 1 atom stereocenters. The van der Waals surface area contributed by atoms with E-state index in [2.05, 4.69) is 30.5 Å². The zero-order valence-corrected chi connectivity index (χ0v) is 25.2. The van der Waals surface area contributed by atoms with Crippen LogP contribution in [-0.2, 0) is 26.6 Å². The molecule has 1 aliphatic rings. The fourth-order valence-electron chi connectivity index (χ4n) is 5.17. The third-order valence-electron chi connectivity index (χ3n) is 8.17. The monoisotopic (exact) mass is 585 g/mol. The summed E-state index contributed by atoms with van der Waals surface area (Å²) < 4.78 is 30.7. The van der Waals surface area contributed by atoms with E-state index < -0.39 is 20.9 Å². The van der Waals surface area contributed by atoms with Gasteiger partial charge in [0, 0.05) is 37.8 Å². The molecule has 41 heavy (non-hydrogen) atoms. The molecule has 1 heterocycles. The summed E-state index contributed by atoms with van der Waals surface area (Å²) in [4.78, 5) is 27.5. The lowest BCUT2D eigenvalue weighted by molar-refractivity contribution is -0.384. The number of hydrogen-bond donors (Lipinski definition) is 0. The molecule has 0 aromatic heterocycles. The lowest BCUT2D eigenvalue weighted by atomic mass is 9.77. The highest BCUT2D eigenvalue weighted by Gasteiger charge is 2.32. The van der Waals surface area contributed by atoms with Gasteiger partial charge in [-0.25, -0.2) is 13.2 Å². The third kappa shape index (κ3) is 9.13. The van der Waals surface area contributed by atoms with E-state index in [4.69, 9.17) is 4.74 Å². The number of nitro benzene ring substituents is 1. The molecule has 0 aliphatic carbocycles. The summed E-state index contributed by atoms with van der Waals surface area (Å²) in [7, 11) is -3.14. The molecule has 2 aromatic rings. The Bertz CT molecular complexity index is 1260. The van der Waals surface area contributed by atoms with E-state index in [9.17, 15) is 23.3 Å². The number of amides is 1. The number of ether oxygens (including phenoxy) is 1. The molecule has 1 unspecified atom stereocenters. The molecule has 3 rings (SSSR count). The number of sulfone groups is 1. The van der Waals surface area contributed by atoms with Crippen LogP contribution in [-0.4, -0.2) is 72.5 Å². The SMILES string of the molecule is C=CCN(C(=O)OCc1ccc([N+](=O)[O-])cc1)C1CCN(CCC(C)(CCS(=O)(=O)C(C)C)c2ccccc2)CC1. The summed E-state index contributed by atoms with van der Waals surface area (Å²) in [6.45, 7) is 12.3. The van der Waals surface area contributed by atoms with Crippen LogP contribution in [0.15, 0.2) is 67.3 Å². The van der Waals surface area contributed by atoms with Crippen molar-refractivity contribution in [3.8, 4) is 0 Å². The first-order valence-corrected chi connectivity index (χ1v) is 15.9. The van der Waals surface area contributed by atoms with Gasteiger partial charge in [-0.3, -0.25) is 10.1 Å². The summed E-state index contributed by atoms with van der Waals surface area (Å²) in [6.07, 6.45) is 4.26. The number of carbonyl (C=O) groups excluding carboxylic acids is 1. The van der Waals surface area contributed by atoms with Crippen molar-refractivity contribution in [1.82, 2.24) is 9.80 Å². The minimum absolute atomic E-state index is 0.00945. The molecule has 2 aromatic carbocycles. The second-order valence-electron chi connectivity index (χ2n) is 11.3. The van der Waals surface area contributed by atoms with E-state index in [0.29, 0.717) is 18.5 Å². The van der Waals surface area contributed by atoms with Gasteiger partial charge in [-0.2, -0.15) is 0 Å².